The zero-order valence-corrected chi connectivity index (χ0v) is 10.2. The van der Waals surface area contributed by atoms with Crippen LogP contribution in [0.25, 0.3) is 0 Å². The molecule has 1 aromatic rings. The maximum Gasteiger partial charge on any atom is 0.270 e. The van der Waals surface area contributed by atoms with Gasteiger partial charge in [0.05, 0.1) is 6.20 Å². The fraction of sp³-hybridized carbons (Fsp3) is 0.538. The third-order valence-corrected chi connectivity index (χ3v) is 3.26. The van der Waals surface area contributed by atoms with Gasteiger partial charge in [0.15, 0.2) is 0 Å². The van der Waals surface area contributed by atoms with Crippen LogP contribution in [0.15, 0.2) is 18.3 Å². The van der Waals surface area contributed by atoms with E-state index in [0.717, 1.165) is 25.5 Å². The molecule has 2 rings (SSSR count). The van der Waals surface area contributed by atoms with Crippen LogP contribution in [-0.2, 0) is 0 Å². The van der Waals surface area contributed by atoms with Crippen molar-refractivity contribution >= 4 is 5.91 Å². The molecule has 1 aliphatic rings. The van der Waals surface area contributed by atoms with Crippen LogP contribution in [0.2, 0.25) is 0 Å². The van der Waals surface area contributed by atoms with Gasteiger partial charge in [0, 0.05) is 6.04 Å². The second-order valence-electron chi connectivity index (χ2n) is 5.44. The van der Waals surface area contributed by atoms with Gasteiger partial charge in [-0.1, -0.05) is 13.8 Å². The molecule has 0 spiro atoms. The number of carbonyl (C=O) groups excluding carboxylic acids is 1. The van der Waals surface area contributed by atoms with Crippen molar-refractivity contribution in [3.8, 4) is 0 Å². The number of halogens is 1. The molecule has 1 fully saturated rings. The van der Waals surface area contributed by atoms with Crippen LogP contribution in [-0.4, -0.2) is 16.9 Å². The normalized spacial score (nSPS) is 22.4. The third kappa shape index (κ3) is 3.02. The first-order chi connectivity index (χ1) is 7.96. The SMILES string of the molecule is CC1(C)CCC(NC(=O)c2ccc(F)cn2)C1. The zero-order chi connectivity index (χ0) is 12.5. The Morgan fingerprint density at radius 2 is 2.29 bits per heavy atom. The van der Waals surface area contributed by atoms with Gasteiger partial charge in [0.2, 0.25) is 0 Å². The average Bonchev–Trinajstić information content (AvgIpc) is 2.59. The maximum absolute atomic E-state index is 12.7. The lowest BCUT2D eigenvalue weighted by atomic mass is 9.92. The number of carbonyl (C=O) groups is 1. The van der Waals surface area contributed by atoms with Gasteiger partial charge in [-0.05, 0) is 36.8 Å². The van der Waals surface area contributed by atoms with Gasteiger partial charge in [0.25, 0.3) is 5.91 Å². The van der Waals surface area contributed by atoms with E-state index in [4.69, 9.17) is 0 Å². The molecule has 1 amide bonds. The molecule has 0 radical (unpaired) electrons. The van der Waals surface area contributed by atoms with Crippen LogP contribution < -0.4 is 5.32 Å². The van der Waals surface area contributed by atoms with Crippen molar-refractivity contribution in [3.05, 3.63) is 29.8 Å². The van der Waals surface area contributed by atoms with Crippen molar-refractivity contribution in [2.24, 2.45) is 5.41 Å². The Hall–Kier alpha value is -1.45. The molecular weight excluding hydrogens is 219 g/mol. The Morgan fingerprint density at radius 1 is 1.53 bits per heavy atom. The molecule has 0 aromatic carbocycles. The highest BCUT2D eigenvalue weighted by molar-refractivity contribution is 5.92. The van der Waals surface area contributed by atoms with Crippen LogP contribution in [0.4, 0.5) is 4.39 Å². The van der Waals surface area contributed by atoms with Gasteiger partial charge in [-0.3, -0.25) is 4.79 Å². The minimum atomic E-state index is -0.427. The number of aromatic nitrogens is 1. The lowest BCUT2D eigenvalue weighted by molar-refractivity contribution is 0.0931. The van der Waals surface area contributed by atoms with Crippen molar-refractivity contribution in [1.29, 1.82) is 0 Å². The smallest absolute Gasteiger partial charge is 0.270 e. The highest BCUT2D eigenvalue weighted by Crippen LogP contribution is 2.36. The topological polar surface area (TPSA) is 42.0 Å². The Bertz CT molecular complexity index is 414. The van der Waals surface area contributed by atoms with Crippen LogP contribution in [0.5, 0.6) is 0 Å². The molecule has 1 atom stereocenters. The summed E-state index contributed by atoms with van der Waals surface area (Å²) in [5.74, 6) is -0.642. The number of hydrogen-bond donors (Lipinski definition) is 1. The van der Waals surface area contributed by atoms with Gasteiger partial charge in [0.1, 0.15) is 11.5 Å². The van der Waals surface area contributed by atoms with Gasteiger partial charge < -0.3 is 5.32 Å². The van der Waals surface area contributed by atoms with E-state index >= 15 is 0 Å². The van der Waals surface area contributed by atoms with Gasteiger partial charge in [-0.25, -0.2) is 9.37 Å². The van der Waals surface area contributed by atoms with E-state index in [1.165, 1.54) is 12.1 Å². The first kappa shape index (κ1) is 12.0. The highest BCUT2D eigenvalue weighted by Gasteiger charge is 2.31. The molecule has 4 heteroatoms. The van der Waals surface area contributed by atoms with Gasteiger partial charge in [-0.15, -0.1) is 0 Å². The molecule has 3 nitrogen and oxygen atoms in total. The molecule has 1 heterocycles. The van der Waals surface area contributed by atoms with Crippen LogP contribution in [0, 0.1) is 11.2 Å². The summed E-state index contributed by atoms with van der Waals surface area (Å²) in [4.78, 5) is 15.6. The summed E-state index contributed by atoms with van der Waals surface area (Å²) < 4.78 is 12.7. The lowest BCUT2D eigenvalue weighted by Crippen LogP contribution is -2.34. The van der Waals surface area contributed by atoms with Crippen molar-refractivity contribution in [2.75, 3.05) is 0 Å². The summed E-state index contributed by atoms with van der Waals surface area (Å²) in [5.41, 5.74) is 0.574. The Labute approximate surface area is 100 Å². The zero-order valence-electron chi connectivity index (χ0n) is 10.2. The molecule has 1 aliphatic carbocycles. The quantitative estimate of drug-likeness (QED) is 0.857. The molecule has 0 aliphatic heterocycles. The summed E-state index contributed by atoms with van der Waals surface area (Å²) in [5, 5.41) is 2.95. The fourth-order valence-electron chi connectivity index (χ4n) is 2.33. The molecule has 1 unspecified atom stereocenters. The first-order valence-corrected chi connectivity index (χ1v) is 5.89. The number of rotatable bonds is 2. The fourth-order valence-corrected chi connectivity index (χ4v) is 2.33. The monoisotopic (exact) mass is 236 g/mol. The third-order valence-electron chi connectivity index (χ3n) is 3.26. The highest BCUT2D eigenvalue weighted by atomic mass is 19.1. The van der Waals surface area contributed by atoms with E-state index in [1.54, 1.807) is 0 Å². The summed E-state index contributed by atoms with van der Waals surface area (Å²) in [6.07, 6.45) is 4.17. The molecule has 92 valence electrons. The van der Waals surface area contributed by atoms with Crippen LogP contribution >= 0.6 is 0 Å². The van der Waals surface area contributed by atoms with E-state index < -0.39 is 5.82 Å². The van der Waals surface area contributed by atoms with Crippen molar-refractivity contribution in [1.82, 2.24) is 10.3 Å². The predicted molar refractivity (Wildman–Crippen MR) is 63.1 cm³/mol. The second kappa shape index (κ2) is 4.43. The molecule has 1 saturated carbocycles. The van der Waals surface area contributed by atoms with E-state index in [-0.39, 0.29) is 17.6 Å². The van der Waals surface area contributed by atoms with Crippen LogP contribution in [0.3, 0.4) is 0 Å². The summed E-state index contributed by atoms with van der Waals surface area (Å²) in [6.45, 7) is 4.41. The molecular formula is C13H17FN2O. The standard InChI is InChI=1S/C13H17FN2O/c1-13(2)6-5-10(7-13)16-12(17)11-4-3-9(14)8-15-11/h3-4,8,10H,5-7H2,1-2H3,(H,16,17). The first-order valence-electron chi connectivity index (χ1n) is 5.89. The molecule has 0 saturated heterocycles. The number of nitrogens with one attached hydrogen (secondary N) is 1. The second-order valence-corrected chi connectivity index (χ2v) is 5.44. The van der Waals surface area contributed by atoms with Crippen molar-refractivity contribution < 1.29 is 9.18 Å². The van der Waals surface area contributed by atoms with E-state index in [0.29, 0.717) is 5.41 Å². The average molecular weight is 236 g/mol. The molecule has 1 aromatic heterocycles. The minimum Gasteiger partial charge on any atom is -0.348 e. The largest absolute Gasteiger partial charge is 0.348 e. The Kier molecular flexibility index (Phi) is 3.13. The molecule has 17 heavy (non-hydrogen) atoms. The number of nitrogens with zero attached hydrogens (tertiary/aromatic N) is 1. The molecule has 1 N–H and O–H groups in total. The summed E-state index contributed by atoms with van der Waals surface area (Å²) in [7, 11) is 0. The van der Waals surface area contributed by atoms with Crippen molar-refractivity contribution in [3.63, 3.8) is 0 Å². The van der Waals surface area contributed by atoms with Crippen molar-refractivity contribution in [2.45, 2.75) is 39.2 Å². The van der Waals surface area contributed by atoms with Gasteiger partial charge >= 0.3 is 0 Å². The van der Waals surface area contributed by atoms with Crippen LogP contribution in [0.1, 0.15) is 43.6 Å². The van der Waals surface area contributed by atoms with E-state index in [9.17, 15) is 9.18 Å². The summed E-state index contributed by atoms with van der Waals surface area (Å²) in [6, 6.07) is 2.87. The number of pyridine rings is 1. The predicted octanol–water partition coefficient (Wildman–Crippen LogP) is 2.53. The number of hydrogen-bond acceptors (Lipinski definition) is 2. The minimum absolute atomic E-state index is 0.212. The Morgan fingerprint density at radius 3 is 2.82 bits per heavy atom. The van der Waals surface area contributed by atoms with Gasteiger partial charge in [-0.2, -0.15) is 0 Å². The Balaban J connectivity index is 1.96. The molecule has 0 bridgehead atoms. The maximum atomic E-state index is 12.7. The van der Waals surface area contributed by atoms with E-state index in [2.05, 4.69) is 24.1 Å². The summed E-state index contributed by atoms with van der Waals surface area (Å²) >= 11 is 0. The number of amides is 1. The lowest BCUT2D eigenvalue weighted by Gasteiger charge is -2.17. The van der Waals surface area contributed by atoms with E-state index in [1.807, 2.05) is 0 Å².